The number of benzene rings is 4. The first kappa shape index (κ1) is 37.3. The van der Waals surface area contributed by atoms with Crippen LogP contribution in [-0.2, 0) is 29.2 Å². The fraction of sp³-hybridized carbons (Fsp3) is 0.220. The quantitative estimate of drug-likeness (QED) is 0.129. The number of pyridine rings is 1. The average molecular weight is 764 g/mol. The number of nitrogens with zero attached hydrogens (tertiary/aromatic N) is 5. The molecule has 0 radical (unpaired) electrons. The molecular weight excluding hydrogens is 727 g/mol. The average Bonchev–Trinajstić information content (AvgIpc) is 3.18. The van der Waals surface area contributed by atoms with Crippen molar-refractivity contribution in [2.24, 2.45) is 5.92 Å². The Balaban J connectivity index is 1.13. The molecule has 0 bridgehead atoms. The van der Waals surface area contributed by atoms with Gasteiger partial charge in [-0.1, -0.05) is 67.6 Å². The first-order valence-electron chi connectivity index (χ1n) is 17.6. The Hall–Kier alpha value is -5.99. The highest BCUT2D eigenvalue weighted by molar-refractivity contribution is 7.80. The maximum absolute atomic E-state index is 15.6. The van der Waals surface area contributed by atoms with Crippen molar-refractivity contribution in [3.8, 4) is 22.9 Å². The van der Waals surface area contributed by atoms with Gasteiger partial charge in [-0.25, -0.2) is 28.5 Å². The number of carbonyl (C=O) groups excluding carboxylic acids is 1. The summed E-state index contributed by atoms with van der Waals surface area (Å²) in [5, 5.41) is 4.05. The Morgan fingerprint density at radius 3 is 2.51 bits per heavy atom. The van der Waals surface area contributed by atoms with Crippen LogP contribution in [-0.4, -0.2) is 53.8 Å². The van der Waals surface area contributed by atoms with Gasteiger partial charge in [0.25, 0.3) is 0 Å². The molecule has 11 nitrogen and oxygen atoms in total. The minimum Gasteiger partial charge on any atom is -0.755 e. The molecule has 1 aliphatic rings. The molecule has 2 aromatic heterocycles. The minimum atomic E-state index is -2.95. The number of rotatable bonds is 11. The van der Waals surface area contributed by atoms with E-state index in [0.29, 0.717) is 47.0 Å². The lowest BCUT2D eigenvalue weighted by Crippen LogP contribution is -2.48. The second-order valence-corrected chi connectivity index (χ2v) is 14.3. The van der Waals surface area contributed by atoms with Crippen molar-refractivity contribution in [2.75, 3.05) is 22.7 Å². The van der Waals surface area contributed by atoms with E-state index in [1.54, 1.807) is 53.7 Å². The third kappa shape index (κ3) is 8.55. The summed E-state index contributed by atoms with van der Waals surface area (Å²) in [7, 11) is 0. The summed E-state index contributed by atoms with van der Waals surface area (Å²) in [5.41, 5.74) is 2.47. The van der Waals surface area contributed by atoms with Crippen molar-refractivity contribution in [3.63, 3.8) is 0 Å². The molecule has 3 heterocycles. The summed E-state index contributed by atoms with van der Waals surface area (Å²) in [6.07, 6.45) is 3.59. The van der Waals surface area contributed by atoms with Crippen LogP contribution in [0.3, 0.4) is 0 Å². The zero-order valence-electron chi connectivity index (χ0n) is 30.0. The zero-order chi connectivity index (χ0) is 38.5. The number of aryl methyl sites for hydroxylation is 1. The van der Waals surface area contributed by atoms with Gasteiger partial charge < -0.3 is 24.2 Å². The molecule has 282 valence electrons. The summed E-state index contributed by atoms with van der Waals surface area (Å²) in [6.45, 7) is 4.63. The Morgan fingerprint density at radius 2 is 1.71 bits per heavy atom. The normalized spacial score (nSPS) is 16.1. The van der Waals surface area contributed by atoms with Crippen LogP contribution in [0.1, 0.15) is 30.0 Å². The van der Waals surface area contributed by atoms with E-state index in [1.807, 2.05) is 37.3 Å². The van der Waals surface area contributed by atoms with E-state index < -0.39 is 29.4 Å². The summed E-state index contributed by atoms with van der Waals surface area (Å²) in [6, 6.07) is 26.3. The maximum atomic E-state index is 15.6. The van der Waals surface area contributed by atoms with Gasteiger partial charge in [0.2, 0.25) is 11.8 Å². The van der Waals surface area contributed by atoms with Crippen LogP contribution in [0.15, 0.2) is 109 Å². The van der Waals surface area contributed by atoms with Crippen LogP contribution < -0.4 is 14.4 Å². The molecule has 1 aliphatic heterocycles. The molecule has 0 aliphatic carbocycles. The SMILES string of the molecule is Cc1ccc2c(N(Cc3ccccc3F)S(=O)[O-])c(F)ccc2c1Oc1ncccc1-c1ccnc(N[C@H]2C[C@@H](C)CN(C(=O)OCc3ccccc3)C2)n1. The number of ether oxygens (including phenoxy) is 2. The van der Waals surface area contributed by atoms with Crippen molar-refractivity contribution in [3.05, 3.63) is 138 Å². The predicted octanol–water partition coefficient (Wildman–Crippen LogP) is 8.33. The summed E-state index contributed by atoms with van der Waals surface area (Å²) in [5.74, 6) is -0.339. The summed E-state index contributed by atoms with van der Waals surface area (Å²) in [4.78, 5) is 28.4. The Labute approximate surface area is 319 Å². The number of nitrogens with one attached hydrogen (secondary N) is 1. The number of fused-ring (bicyclic) bond motifs is 1. The van der Waals surface area contributed by atoms with Crippen LogP contribution in [0, 0.1) is 24.5 Å². The van der Waals surface area contributed by atoms with Gasteiger partial charge in [-0.05, 0) is 66.8 Å². The van der Waals surface area contributed by atoms with Gasteiger partial charge in [0.1, 0.15) is 24.0 Å². The third-order valence-electron chi connectivity index (χ3n) is 9.33. The molecule has 0 spiro atoms. The van der Waals surface area contributed by atoms with Crippen LogP contribution >= 0.6 is 0 Å². The number of halogens is 2. The van der Waals surface area contributed by atoms with Crippen molar-refractivity contribution in [2.45, 2.75) is 39.5 Å². The Kier molecular flexibility index (Phi) is 11.2. The van der Waals surface area contributed by atoms with E-state index in [0.717, 1.165) is 22.4 Å². The lowest BCUT2D eigenvalue weighted by atomic mass is 9.96. The molecule has 1 saturated heterocycles. The number of piperidine rings is 1. The molecule has 55 heavy (non-hydrogen) atoms. The molecular formula is C41H37F2N6O5S-. The highest BCUT2D eigenvalue weighted by atomic mass is 32.2. The number of amides is 1. The van der Waals surface area contributed by atoms with E-state index in [9.17, 15) is 17.9 Å². The van der Waals surface area contributed by atoms with Gasteiger partial charge in [-0.15, -0.1) is 0 Å². The monoisotopic (exact) mass is 763 g/mol. The Morgan fingerprint density at radius 1 is 0.927 bits per heavy atom. The maximum Gasteiger partial charge on any atom is 0.410 e. The molecule has 1 N–H and O–H groups in total. The molecule has 1 unspecified atom stereocenters. The van der Waals surface area contributed by atoms with E-state index in [-0.39, 0.29) is 47.2 Å². The fourth-order valence-electron chi connectivity index (χ4n) is 6.76. The molecule has 7 rings (SSSR count). The molecule has 14 heteroatoms. The van der Waals surface area contributed by atoms with Crippen molar-refractivity contribution < 1.29 is 31.8 Å². The lowest BCUT2D eigenvalue weighted by Gasteiger charge is -2.36. The molecule has 0 saturated carbocycles. The lowest BCUT2D eigenvalue weighted by molar-refractivity contribution is 0.0783. The van der Waals surface area contributed by atoms with Crippen molar-refractivity contribution >= 4 is 39.8 Å². The Bertz CT molecular complexity index is 2350. The number of likely N-dealkylation sites (tertiary alicyclic amines) is 1. The van der Waals surface area contributed by atoms with Gasteiger partial charge >= 0.3 is 6.09 Å². The fourth-order valence-corrected chi connectivity index (χ4v) is 7.34. The highest BCUT2D eigenvalue weighted by Crippen LogP contribution is 2.41. The predicted molar refractivity (Wildman–Crippen MR) is 205 cm³/mol. The van der Waals surface area contributed by atoms with Crippen LogP contribution in [0.2, 0.25) is 0 Å². The second kappa shape index (κ2) is 16.6. The van der Waals surface area contributed by atoms with Crippen LogP contribution in [0.5, 0.6) is 11.6 Å². The first-order valence-corrected chi connectivity index (χ1v) is 18.7. The van der Waals surface area contributed by atoms with Gasteiger partial charge in [-0.3, -0.25) is 8.51 Å². The van der Waals surface area contributed by atoms with E-state index in [2.05, 4.69) is 22.2 Å². The zero-order valence-corrected chi connectivity index (χ0v) is 30.8. The van der Waals surface area contributed by atoms with E-state index in [1.165, 1.54) is 24.3 Å². The van der Waals surface area contributed by atoms with Gasteiger partial charge in [0, 0.05) is 59.1 Å². The summed E-state index contributed by atoms with van der Waals surface area (Å²) >= 11 is -2.95. The smallest absolute Gasteiger partial charge is 0.410 e. The molecule has 6 aromatic rings. The molecule has 4 aromatic carbocycles. The molecule has 1 fully saturated rings. The number of aromatic nitrogens is 3. The molecule has 3 atom stereocenters. The number of hydrogen-bond donors (Lipinski definition) is 1. The van der Waals surface area contributed by atoms with Gasteiger partial charge in [0.05, 0.1) is 23.5 Å². The van der Waals surface area contributed by atoms with E-state index in [4.69, 9.17) is 14.5 Å². The van der Waals surface area contributed by atoms with Gasteiger partial charge in [0.15, 0.2) is 0 Å². The van der Waals surface area contributed by atoms with E-state index >= 15 is 4.39 Å². The first-order chi connectivity index (χ1) is 26.6. The van der Waals surface area contributed by atoms with Crippen molar-refractivity contribution in [1.29, 1.82) is 0 Å². The largest absolute Gasteiger partial charge is 0.755 e. The van der Waals surface area contributed by atoms with Gasteiger partial charge in [-0.2, -0.15) is 0 Å². The summed E-state index contributed by atoms with van der Waals surface area (Å²) < 4.78 is 68.0. The molecule has 1 amide bonds. The number of hydrogen-bond acceptors (Lipinski definition) is 9. The highest BCUT2D eigenvalue weighted by Gasteiger charge is 2.29. The number of carbonyl (C=O) groups is 1. The van der Waals surface area contributed by atoms with Crippen LogP contribution in [0.4, 0.5) is 25.2 Å². The standard InChI is InChI=1S/C41H38F2N6O5S/c1-26-21-30(24-48(22-26)41(50)53-25-28-9-4-3-5-10-28)46-40-45-20-18-36(47-40)33-12-8-19-44-39(33)54-38-27(2)14-15-31-32(38)16-17-35(43)37(31)49(55(51)52)23-29-11-6-7-13-34(29)42/h3-20,26,30H,21-25H2,1-2H3,(H,51,52)(H,45,46,47)/p-1/t26-,30+/m1/s1. The minimum absolute atomic E-state index is 0.0835. The number of anilines is 2. The topological polar surface area (TPSA) is 133 Å². The van der Waals surface area contributed by atoms with Crippen molar-refractivity contribution in [1.82, 2.24) is 19.9 Å². The third-order valence-corrected chi connectivity index (χ3v) is 10.0. The second-order valence-electron chi connectivity index (χ2n) is 13.4. The van der Waals surface area contributed by atoms with Crippen LogP contribution in [0.25, 0.3) is 22.0 Å².